The van der Waals surface area contributed by atoms with Crippen LogP contribution < -0.4 is 10.2 Å². The molecule has 1 fully saturated rings. The van der Waals surface area contributed by atoms with E-state index in [2.05, 4.69) is 25.3 Å². The topological polar surface area (TPSA) is 81.6 Å². The molecule has 1 aliphatic heterocycles. The number of aliphatic hydroxyl groups excluding tert-OH is 1. The highest BCUT2D eigenvalue weighted by Gasteiger charge is 2.32. The first-order valence-corrected chi connectivity index (χ1v) is 7.22. The van der Waals surface area contributed by atoms with Gasteiger partial charge in [0.2, 0.25) is 0 Å². The zero-order chi connectivity index (χ0) is 15.4. The van der Waals surface area contributed by atoms with Crippen molar-refractivity contribution in [1.29, 1.82) is 0 Å². The van der Waals surface area contributed by atoms with Gasteiger partial charge in [-0.15, -0.1) is 10.2 Å². The second kappa shape index (κ2) is 6.82. The van der Waals surface area contributed by atoms with Gasteiger partial charge in [0.15, 0.2) is 11.5 Å². The van der Waals surface area contributed by atoms with Crippen LogP contribution in [0.1, 0.15) is 23.8 Å². The molecule has 2 atom stereocenters. The van der Waals surface area contributed by atoms with E-state index in [9.17, 15) is 9.90 Å². The molecule has 1 aromatic rings. The normalized spacial score (nSPS) is 21.9. The monoisotopic (exact) mass is 293 g/mol. The maximum Gasteiger partial charge on any atom is 0.271 e. The summed E-state index contributed by atoms with van der Waals surface area (Å²) in [7, 11) is 4.01. The summed E-state index contributed by atoms with van der Waals surface area (Å²) in [5.41, 5.74) is 0.310. The van der Waals surface area contributed by atoms with Crippen molar-refractivity contribution in [2.75, 3.05) is 38.6 Å². The Morgan fingerprint density at radius 3 is 2.81 bits per heavy atom. The number of aromatic nitrogens is 2. The van der Waals surface area contributed by atoms with Gasteiger partial charge in [0.1, 0.15) is 0 Å². The summed E-state index contributed by atoms with van der Waals surface area (Å²) in [5, 5.41) is 20.7. The van der Waals surface area contributed by atoms with Gasteiger partial charge in [-0.2, -0.15) is 0 Å². The minimum Gasteiger partial charge on any atom is -0.391 e. The number of rotatable bonds is 5. The minimum atomic E-state index is -0.347. The maximum atomic E-state index is 11.7. The fraction of sp³-hybridized carbons (Fsp3) is 0.643. The predicted molar refractivity (Wildman–Crippen MR) is 80.4 cm³/mol. The Labute approximate surface area is 125 Å². The number of nitrogens with one attached hydrogen (secondary N) is 1. The summed E-state index contributed by atoms with van der Waals surface area (Å²) in [4.78, 5) is 15.8. The lowest BCUT2D eigenvalue weighted by atomic mass is 10.2. The van der Waals surface area contributed by atoms with E-state index in [4.69, 9.17) is 0 Å². The molecule has 0 spiro atoms. The zero-order valence-corrected chi connectivity index (χ0v) is 12.8. The lowest BCUT2D eigenvalue weighted by Crippen LogP contribution is -2.38. The maximum absolute atomic E-state index is 11.7. The molecule has 1 aliphatic rings. The Balaban J connectivity index is 2.11. The molecule has 0 saturated carbocycles. The first kappa shape index (κ1) is 15.7. The number of aliphatic hydroxyl groups is 1. The molecular weight excluding hydrogens is 270 g/mol. The van der Waals surface area contributed by atoms with Gasteiger partial charge in [0, 0.05) is 25.7 Å². The first-order chi connectivity index (χ1) is 10.0. The minimum absolute atomic E-state index is 0.208. The molecule has 2 heterocycles. The highest BCUT2D eigenvalue weighted by atomic mass is 16.3. The number of nitrogens with zero attached hydrogens (tertiary/aromatic N) is 4. The number of amides is 1. The van der Waals surface area contributed by atoms with Crippen LogP contribution in [0.3, 0.4) is 0 Å². The molecule has 21 heavy (non-hydrogen) atoms. The van der Waals surface area contributed by atoms with Crippen LogP contribution in [0.5, 0.6) is 0 Å². The fourth-order valence-electron chi connectivity index (χ4n) is 2.62. The van der Waals surface area contributed by atoms with Crippen molar-refractivity contribution < 1.29 is 9.90 Å². The Morgan fingerprint density at radius 2 is 2.24 bits per heavy atom. The first-order valence-electron chi connectivity index (χ1n) is 7.22. The van der Waals surface area contributed by atoms with Gasteiger partial charge in [0.05, 0.1) is 6.10 Å². The van der Waals surface area contributed by atoms with Gasteiger partial charge in [-0.3, -0.25) is 4.79 Å². The fourth-order valence-corrected chi connectivity index (χ4v) is 2.62. The molecule has 2 unspecified atom stereocenters. The number of β-amino-alcohol motifs (C(OH)–C–C–N with tert-alkyl or cyclic N) is 1. The molecule has 0 bridgehead atoms. The third-order valence-electron chi connectivity index (χ3n) is 3.48. The van der Waals surface area contributed by atoms with E-state index in [1.54, 1.807) is 12.1 Å². The molecule has 0 aromatic carbocycles. The number of likely N-dealkylation sites (N-methyl/N-ethyl adjacent to an activating group) is 1. The lowest BCUT2D eigenvalue weighted by Gasteiger charge is -2.27. The molecule has 2 rings (SSSR count). The van der Waals surface area contributed by atoms with Crippen LogP contribution in [0.15, 0.2) is 12.1 Å². The van der Waals surface area contributed by atoms with E-state index in [1.165, 1.54) is 0 Å². The SMILES string of the molecule is CCNC(=O)c1ccc(N2CC(O)CC2CN(C)C)nn1. The standard InChI is InChI=1S/C14H23N5O2/c1-4-15-14(21)12-5-6-13(17-16-12)19-9-11(20)7-10(19)8-18(2)3/h5-6,10-11,20H,4,7-9H2,1-3H3,(H,15,21). The van der Waals surface area contributed by atoms with Gasteiger partial charge in [0.25, 0.3) is 5.91 Å². The quantitative estimate of drug-likeness (QED) is 0.777. The lowest BCUT2D eigenvalue weighted by molar-refractivity contribution is 0.0950. The van der Waals surface area contributed by atoms with Crippen LogP contribution in [-0.2, 0) is 0 Å². The van der Waals surface area contributed by atoms with Crippen LogP contribution in [0.2, 0.25) is 0 Å². The van der Waals surface area contributed by atoms with E-state index in [0.717, 1.165) is 13.0 Å². The van der Waals surface area contributed by atoms with E-state index in [0.29, 0.717) is 24.6 Å². The van der Waals surface area contributed by atoms with Gasteiger partial charge in [-0.05, 0) is 39.6 Å². The van der Waals surface area contributed by atoms with Crippen LogP contribution in [-0.4, -0.2) is 72.0 Å². The molecule has 1 saturated heterocycles. The Kier molecular flexibility index (Phi) is 5.08. The highest BCUT2D eigenvalue weighted by molar-refractivity contribution is 5.92. The van der Waals surface area contributed by atoms with Gasteiger partial charge in [-0.25, -0.2) is 0 Å². The van der Waals surface area contributed by atoms with Crippen molar-refractivity contribution in [3.63, 3.8) is 0 Å². The molecular formula is C14H23N5O2. The summed E-state index contributed by atoms with van der Waals surface area (Å²) in [6, 6.07) is 3.67. The van der Waals surface area contributed by atoms with Crippen molar-refractivity contribution in [2.24, 2.45) is 0 Å². The average molecular weight is 293 g/mol. The van der Waals surface area contributed by atoms with E-state index in [1.807, 2.05) is 21.0 Å². The molecule has 116 valence electrons. The zero-order valence-electron chi connectivity index (χ0n) is 12.8. The van der Waals surface area contributed by atoms with Gasteiger partial charge < -0.3 is 20.2 Å². The van der Waals surface area contributed by atoms with Crippen LogP contribution in [0.25, 0.3) is 0 Å². The molecule has 1 aromatic heterocycles. The third kappa shape index (κ3) is 3.89. The number of carbonyl (C=O) groups is 1. The van der Waals surface area contributed by atoms with Gasteiger partial charge >= 0.3 is 0 Å². The summed E-state index contributed by atoms with van der Waals surface area (Å²) in [5.74, 6) is 0.481. The number of hydrogen-bond donors (Lipinski definition) is 2. The van der Waals surface area contributed by atoms with Crippen LogP contribution >= 0.6 is 0 Å². The van der Waals surface area contributed by atoms with Crippen LogP contribution in [0, 0.1) is 0 Å². The van der Waals surface area contributed by atoms with Crippen molar-refractivity contribution in [3.8, 4) is 0 Å². The van der Waals surface area contributed by atoms with Crippen molar-refractivity contribution >= 4 is 11.7 Å². The molecule has 7 heteroatoms. The number of anilines is 1. The van der Waals surface area contributed by atoms with E-state index < -0.39 is 0 Å². The second-order valence-electron chi connectivity index (χ2n) is 5.59. The summed E-state index contributed by atoms with van der Waals surface area (Å²) >= 11 is 0. The van der Waals surface area contributed by atoms with Gasteiger partial charge in [-0.1, -0.05) is 0 Å². The Bertz CT molecular complexity index is 477. The molecule has 0 aliphatic carbocycles. The van der Waals surface area contributed by atoms with Crippen molar-refractivity contribution in [1.82, 2.24) is 20.4 Å². The van der Waals surface area contributed by atoms with Crippen molar-refractivity contribution in [3.05, 3.63) is 17.8 Å². The highest BCUT2D eigenvalue weighted by Crippen LogP contribution is 2.24. The number of carbonyl (C=O) groups excluding carboxylic acids is 1. The van der Waals surface area contributed by atoms with Crippen LogP contribution in [0.4, 0.5) is 5.82 Å². The Morgan fingerprint density at radius 1 is 1.48 bits per heavy atom. The second-order valence-corrected chi connectivity index (χ2v) is 5.59. The summed E-state index contributed by atoms with van der Waals surface area (Å²) < 4.78 is 0. The molecule has 2 N–H and O–H groups in total. The molecule has 0 radical (unpaired) electrons. The average Bonchev–Trinajstić information content (AvgIpc) is 2.79. The molecule has 7 nitrogen and oxygen atoms in total. The molecule has 1 amide bonds. The largest absolute Gasteiger partial charge is 0.391 e. The summed E-state index contributed by atoms with van der Waals surface area (Å²) in [6.45, 7) is 3.81. The number of hydrogen-bond acceptors (Lipinski definition) is 6. The smallest absolute Gasteiger partial charge is 0.271 e. The third-order valence-corrected chi connectivity index (χ3v) is 3.48. The predicted octanol–water partition coefficient (Wildman–Crippen LogP) is -0.272. The Hall–Kier alpha value is -1.73. The van der Waals surface area contributed by atoms with E-state index in [-0.39, 0.29) is 18.1 Å². The van der Waals surface area contributed by atoms with Crippen molar-refractivity contribution in [2.45, 2.75) is 25.5 Å². The summed E-state index contributed by atoms with van der Waals surface area (Å²) in [6.07, 6.45) is 0.373. The van der Waals surface area contributed by atoms with E-state index >= 15 is 0 Å².